The van der Waals surface area contributed by atoms with Crippen molar-refractivity contribution in [1.29, 1.82) is 0 Å². The summed E-state index contributed by atoms with van der Waals surface area (Å²) >= 11 is 0. The molecular weight excluding hydrogens is 320 g/mol. The number of urea groups is 1. The van der Waals surface area contributed by atoms with Crippen molar-refractivity contribution in [3.8, 4) is 5.75 Å². The normalized spacial score (nSPS) is 14.4. The summed E-state index contributed by atoms with van der Waals surface area (Å²) in [6, 6.07) is 1.63. The Morgan fingerprint density at radius 2 is 1.78 bits per heavy atom. The van der Waals surface area contributed by atoms with Crippen LogP contribution in [0.15, 0.2) is 23.8 Å². The molecule has 1 fully saturated rings. The van der Waals surface area contributed by atoms with E-state index < -0.39 is 46.4 Å². The number of nitro groups is 1. The predicted octanol–water partition coefficient (Wildman–Crippen LogP) is 0.946. The molecular formula is C12H7F2N3O6. The van der Waals surface area contributed by atoms with Gasteiger partial charge in [0, 0.05) is 17.7 Å². The number of hydrogen-bond acceptors (Lipinski definition) is 6. The predicted molar refractivity (Wildman–Crippen MR) is 69.4 cm³/mol. The second-order valence-corrected chi connectivity index (χ2v) is 4.15. The molecule has 9 nitrogen and oxygen atoms in total. The Labute approximate surface area is 126 Å². The number of hydrogen-bond donors (Lipinski definition) is 2. The Bertz CT molecular complexity index is 724. The monoisotopic (exact) mass is 327 g/mol. The molecule has 120 valence electrons. The lowest BCUT2D eigenvalue weighted by atomic mass is 10.1. The van der Waals surface area contributed by atoms with Crippen LogP contribution in [0.4, 0.5) is 19.3 Å². The van der Waals surface area contributed by atoms with Crippen molar-refractivity contribution in [1.82, 2.24) is 10.6 Å². The zero-order valence-electron chi connectivity index (χ0n) is 11.0. The zero-order chi connectivity index (χ0) is 17.1. The second kappa shape index (κ2) is 6.17. The molecule has 1 aromatic carbocycles. The van der Waals surface area contributed by atoms with Crippen LogP contribution in [0.3, 0.4) is 0 Å². The van der Waals surface area contributed by atoms with E-state index in [2.05, 4.69) is 4.74 Å². The molecule has 2 rings (SSSR count). The Kier molecular flexibility index (Phi) is 4.30. The Hall–Kier alpha value is -3.37. The number of ether oxygens (including phenoxy) is 1. The highest BCUT2D eigenvalue weighted by atomic mass is 19.3. The number of carbonyl (C=O) groups excluding carboxylic acids is 3. The highest BCUT2D eigenvalue weighted by molar-refractivity contribution is 6.31. The van der Waals surface area contributed by atoms with Gasteiger partial charge in [-0.25, -0.2) is 4.79 Å². The molecule has 0 aromatic heterocycles. The van der Waals surface area contributed by atoms with E-state index in [-0.39, 0.29) is 5.56 Å². The molecule has 0 unspecified atom stereocenters. The number of benzene rings is 1. The number of halogens is 2. The smallest absolute Gasteiger partial charge is 0.387 e. The van der Waals surface area contributed by atoms with Gasteiger partial charge in [-0.2, -0.15) is 8.78 Å². The first kappa shape index (κ1) is 16.0. The van der Waals surface area contributed by atoms with E-state index in [1.54, 1.807) is 10.6 Å². The lowest BCUT2D eigenvalue weighted by Crippen LogP contribution is -2.51. The van der Waals surface area contributed by atoms with Crippen LogP contribution in [0.25, 0.3) is 6.08 Å². The summed E-state index contributed by atoms with van der Waals surface area (Å²) in [7, 11) is 0. The minimum absolute atomic E-state index is 0.297. The van der Waals surface area contributed by atoms with Crippen LogP contribution in [0.1, 0.15) is 5.56 Å². The Morgan fingerprint density at radius 1 is 1.17 bits per heavy atom. The number of imide groups is 2. The van der Waals surface area contributed by atoms with Crippen LogP contribution in [0, 0.1) is 10.1 Å². The zero-order valence-corrected chi connectivity index (χ0v) is 11.0. The molecule has 1 heterocycles. The first-order valence-electron chi connectivity index (χ1n) is 5.89. The highest BCUT2D eigenvalue weighted by Gasteiger charge is 2.28. The molecule has 2 N–H and O–H groups in total. The molecule has 0 bridgehead atoms. The third kappa shape index (κ3) is 3.64. The number of carbonyl (C=O) groups is 3. The van der Waals surface area contributed by atoms with Gasteiger partial charge in [-0.15, -0.1) is 0 Å². The van der Waals surface area contributed by atoms with E-state index in [0.717, 1.165) is 24.3 Å². The standard InChI is InChI=1S/C12H7F2N3O6/c13-11(14)23-8-2-1-6(17(21)22)3-5(8)4-7-9(18)15-12(20)16-10(7)19/h1-4,11H,(H2,15,16,18,19,20). The van der Waals surface area contributed by atoms with Crippen LogP contribution in [0.5, 0.6) is 5.75 Å². The molecule has 1 aliphatic heterocycles. The SMILES string of the molecule is O=C1NC(=O)C(=Cc2cc([N+](=O)[O-])ccc2OC(F)F)C(=O)N1. The molecule has 11 heteroatoms. The largest absolute Gasteiger partial charge is 0.434 e. The summed E-state index contributed by atoms with van der Waals surface area (Å²) in [5.41, 5.74) is -1.36. The van der Waals surface area contributed by atoms with Gasteiger partial charge in [0.25, 0.3) is 17.5 Å². The van der Waals surface area contributed by atoms with Crippen molar-refractivity contribution in [3.05, 3.63) is 39.4 Å². The minimum atomic E-state index is -3.22. The fourth-order valence-corrected chi connectivity index (χ4v) is 1.73. The average Bonchev–Trinajstić information content (AvgIpc) is 2.43. The van der Waals surface area contributed by atoms with Gasteiger partial charge in [0.15, 0.2) is 0 Å². The van der Waals surface area contributed by atoms with Crippen LogP contribution in [-0.2, 0) is 9.59 Å². The van der Waals surface area contributed by atoms with E-state index >= 15 is 0 Å². The van der Waals surface area contributed by atoms with Crippen LogP contribution in [-0.4, -0.2) is 29.4 Å². The van der Waals surface area contributed by atoms with Crippen LogP contribution in [0.2, 0.25) is 0 Å². The van der Waals surface area contributed by atoms with Crippen LogP contribution >= 0.6 is 0 Å². The van der Waals surface area contributed by atoms with E-state index in [4.69, 9.17) is 0 Å². The number of amides is 4. The third-order valence-electron chi connectivity index (χ3n) is 2.66. The molecule has 1 aromatic rings. The molecule has 4 amide bonds. The first-order chi connectivity index (χ1) is 10.8. The minimum Gasteiger partial charge on any atom is -0.434 e. The summed E-state index contributed by atoms with van der Waals surface area (Å²) < 4.78 is 28.9. The number of barbiturate groups is 1. The van der Waals surface area contributed by atoms with Gasteiger partial charge in [-0.1, -0.05) is 0 Å². The topological polar surface area (TPSA) is 128 Å². The van der Waals surface area contributed by atoms with Crippen molar-refractivity contribution >= 4 is 29.6 Å². The fraction of sp³-hybridized carbons (Fsp3) is 0.0833. The fourth-order valence-electron chi connectivity index (χ4n) is 1.73. The maximum atomic E-state index is 12.4. The van der Waals surface area contributed by atoms with Crippen molar-refractivity contribution < 1.29 is 32.8 Å². The van der Waals surface area contributed by atoms with E-state index in [1.165, 1.54) is 0 Å². The summed E-state index contributed by atoms with van der Waals surface area (Å²) in [5, 5.41) is 14.3. The maximum absolute atomic E-state index is 12.4. The Morgan fingerprint density at radius 3 is 2.30 bits per heavy atom. The quantitative estimate of drug-likeness (QED) is 0.367. The van der Waals surface area contributed by atoms with Crippen molar-refractivity contribution in [2.24, 2.45) is 0 Å². The van der Waals surface area contributed by atoms with Gasteiger partial charge in [0.2, 0.25) is 0 Å². The number of alkyl halides is 2. The van der Waals surface area contributed by atoms with Crippen molar-refractivity contribution in [2.45, 2.75) is 6.61 Å². The summed E-state index contributed by atoms with van der Waals surface area (Å²) in [5.74, 6) is -2.63. The molecule has 0 saturated carbocycles. The second-order valence-electron chi connectivity index (χ2n) is 4.15. The molecule has 0 atom stereocenters. The maximum Gasteiger partial charge on any atom is 0.387 e. The summed E-state index contributed by atoms with van der Waals surface area (Å²) in [4.78, 5) is 44.1. The van der Waals surface area contributed by atoms with E-state index in [0.29, 0.717) is 0 Å². The first-order valence-corrected chi connectivity index (χ1v) is 5.89. The number of nitro benzene ring substituents is 1. The molecule has 23 heavy (non-hydrogen) atoms. The summed E-state index contributed by atoms with van der Waals surface area (Å²) in [6.45, 7) is -3.22. The lowest BCUT2D eigenvalue weighted by molar-refractivity contribution is -0.384. The molecule has 1 saturated heterocycles. The number of nitrogens with one attached hydrogen (secondary N) is 2. The highest BCUT2D eigenvalue weighted by Crippen LogP contribution is 2.28. The summed E-state index contributed by atoms with van der Waals surface area (Å²) in [6.07, 6.45) is 0.807. The van der Waals surface area contributed by atoms with Gasteiger partial charge in [0.1, 0.15) is 11.3 Å². The third-order valence-corrected chi connectivity index (χ3v) is 2.66. The number of nitrogens with zero attached hydrogens (tertiary/aromatic N) is 1. The molecule has 0 aliphatic carbocycles. The molecule has 1 aliphatic rings. The number of rotatable bonds is 4. The van der Waals surface area contributed by atoms with Gasteiger partial charge in [-0.05, 0) is 12.1 Å². The van der Waals surface area contributed by atoms with Crippen molar-refractivity contribution in [3.63, 3.8) is 0 Å². The van der Waals surface area contributed by atoms with Gasteiger partial charge >= 0.3 is 12.6 Å². The van der Waals surface area contributed by atoms with E-state index in [1.807, 2.05) is 0 Å². The van der Waals surface area contributed by atoms with Crippen molar-refractivity contribution in [2.75, 3.05) is 0 Å². The average molecular weight is 327 g/mol. The lowest BCUT2D eigenvalue weighted by Gasteiger charge is -2.14. The number of non-ortho nitro benzene ring substituents is 1. The Balaban J connectivity index is 2.50. The molecule has 0 spiro atoms. The van der Waals surface area contributed by atoms with Gasteiger partial charge in [-0.3, -0.25) is 30.3 Å². The molecule has 0 radical (unpaired) electrons. The van der Waals surface area contributed by atoms with Gasteiger partial charge < -0.3 is 4.74 Å². The van der Waals surface area contributed by atoms with Crippen LogP contribution < -0.4 is 15.4 Å². The van der Waals surface area contributed by atoms with Gasteiger partial charge in [0.05, 0.1) is 4.92 Å². The van der Waals surface area contributed by atoms with E-state index in [9.17, 15) is 33.3 Å².